The van der Waals surface area contributed by atoms with Gasteiger partial charge in [0.05, 0.1) is 15.6 Å². The molecule has 8 nitrogen and oxygen atoms in total. The van der Waals surface area contributed by atoms with Crippen molar-refractivity contribution in [3.63, 3.8) is 0 Å². The van der Waals surface area contributed by atoms with Gasteiger partial charge in [-0.05, 0) is 18.9 Å². The van der Waals surface area contributed by atoms with E-state index in [1.165, 1.54) is 18.3 Å². The average Bonchev–Trinajstić information content (AvgIpc) is 2.62. The molecule has 26 heavy (non-hydrogen) atoms. The topological polar surface area (TPSA) is 117 Å². The van der Waals surface area contributed by atoms with Gasteiger partial charge in [0.25, 0.3) is 11.6 Å². The summed E-state index contributed by atoms with van der Waals surface area (Å²) >= 11 is 5.92. The monoisotopic (exact) mass is 380 g/mol. The molecule has 1 amide bonds. The predicted molar refractivity (Wildman–Crippen MR) is 98.8 cm³/mol. The Morgan fingerprint density at radius 1 is 1.42 bits per heavy atom. The number of benzene rings is 1. The number of non-ortho nitro benzene ring substituents is 1. The molecule has 0 atom stereocenters. The van der Waals surface area contributed by atoms with E-state index in [-0.39, 0.29) is 22.0 Å². The van der Waals surface area contributed by atoms with E-state index in [2.05, 4.69) is 17.6 Å². The van der Waals surface area contributed by atoms with Gasteiger partial charge in [-0.3, -0.25) is 14.9 Å². The second-order valence-corrected chi connectivity index (χ2v) is 5.73. The van der Waals surface area contributed by atoms with Crippen molar-refractivity contribution in [2.24, 2.45) is 0 Å². The number of nitrogens with zero attached hydrogens (tertiary/aromatic N) is 2. The molecule has 0 aliphatic rings. The fraction of sp³-hybridized carbons (Fsp3) is 0.412. The van der Waals surface area contributed by atoms with Gasteiger partial charge < -0.3 is 15.4 Å². The minimum Gasteiger partial charge on any atom is -0.390 e. The zero-order chi connectivity index (χ0) is 19.4. The van der Waals surface area contributed by atoms with Crippen molar-refractivity contribution in [2.45, 2.75) is 26.2 Å². The van der Waals surface area contributed by atoms with Crippen molar-refractivity contribution in [1.29, 1.82) is 5.26 Å². The lowest BCUT2D eigenvalue weighted by Gasteiger charge is -2.07. The number of unbranched alkanes of at least 4 members (excludes halogenated alkanes) is 1. The molecule has 1 aromatic carbocycles. The lowest BCUT2D eigenvalue weighted by molar-refractivity contribution is -0.384. The Morgan fingerprint density at radius 3 is 2.81 bits per heavy atom. The Bertz CT molecular complexity index is 700. The fourth-order valence-electron chi connectivity index (χ4n) is 1.86. The zero-order valence-electron chi connectivity index (χ0n) is 14.5. The number of ether oxygens (including phenoxy) is 1. The van der Waals surface area contributed by atoms with Gasteiger partial charge in [0.1, 0.15) is 11.6 Å². The third-order valence-corrected chi connectivity index (χ3v) is 3.60. The Hall–Kier alpha value is -2.63. The van der Waals surface area contributed by atoms with E-state index < -0.39 is 10.8 Å². The summed E-state index contributed by atoms with van der Waals surface area (Å²) in [5.41, 5.74) is -0.316. The molecule has 140 valence electrons. The Balaban J connectivity index is 2.55. The van der Waals surface area contributed by atoms with Crippen molar-refractivity contribution < 1.29 is 14.5 Å². The first-order valence-corrected chi connectivity index (χ1v) is 8.54. The number of hydrogen-bond donors (Lipinski definition) is 2. The first-order valence-electron chi connectivity index (χ1n) is 8.16. The lowest BCUT2D eigenvalue weighted by Crippen LogP contribution is -2.18. The molecule has 0 spiro atoms. The normalized spacial score (nSPS) is 10.9. The van der Waals surface area contributed by atoms with Crippen LogP contribution in [0.2, 0.25) is 5.02 Å². The molecule has 0 aromatic heterocycles. The zero-order valence-corrected chi connectivity index (χ0v) is 15.2. The molecule has 9 heteroatoms. The Morgan fingerprint density at radius 2 is 2.15 bits per heavy atom. The van der Waals surface area contributed by atoms with E-state index in [1.54, 1.807) is 6.07 Å². The largest absolute Gasteiger partial charge is 0.390 e. The van der Waals surface area contributed by atoms with Crippen molar-refractivity contribution in [2.75, 3.05) is 25.1 Å². The summed E-state index contributed by atoms with van der Waals surface area (Å²) in [6.07, 6.45) is 4.13. The number of nitrogens with one attached hydrogen (secondary N) is 2. The van der Waals surface area contributed by atoms with Gasteiger partial charge in [0.2, 0.25) is 0 Å². The quantitative estimate of drug-likeness (QED) is 0.200. The summed E-state index contributed by atoms with van der Waals surface area (Å²) in [6, 6.07) is 5.44. The lowest BCUT2D eigenvalue weighted by atomic mass is 10.2. The maximum absolute atomic E-state index is 12.1. The number of carbonyl (C=O) groups is 1. The molecule has 0 heterocycles. The van der Waals surface area contributed by atoms with Gasteiger partial charge in [-0.25, -0.2) is 0 Å². The van der Waals surface area contributed by atoms with Crippen LogP contribution in [0.5, 0.6) is 0 Å². The maximum Gasteiger partial charge on any atom is 0.271 e. The summed E-state index contributed by atoms with van der Waals surface area (Å²) < 4.78 is 5.40. The minimum atomic E-state index is -0.707. The summed E-state index contributed by atoms with van der Waals surface area (Å²) in [6.45, 7) is 3.95. The van der Waals surface area contributed by atoms with Gasteiger partial charge in [0.15, 0.2) is 0 Å². The van der Waals surface area contributed by atoms with Crippen LogP contribution < -0.4 is 10.6 Å². The summed E-state index contributed by atoms with van der Waals surface area (Å²) in [7, 11) is 0. The highest BCUT2D eigenvalue weighted by Gasteiger charge is 2.14. The second kappa shape index (κ2) is 11.8. The van der Waals surface area contributed by atoms with Gasteiger partial charge in [-0.15, -0.1) is 0 Å². The number of anilines is 1. The van der Waals surface area contributed by atoms with Gasteiger partial charge in [-0.1, -0.05) is 24.9 Å². The maximum atomic E-state index is 12.1. The SMILES string of the molecule is CCCCOCCCN/C=C(/C#N)C(=O)Nc1cc([N+](=O)[O-])ccc1Cl. The highest BCUT2D eigenvalue weighted by Crippen LogP contribution is 2.26. The molecule has 1 rings (SSSR count). The van der Waals surface area contributed by atoms with Crippen LogP contribution in [0, 0.1) is 21.4 Å². The Kier molecular flexibility index (Phi) is 9.75. The molecule has 1 aromatic rings. The molecular weight excluding hydrogens is 360 g/mol. The number of nitro benzene ring substituents is 1. The smallest absolute Gasteiger partial charge is 0.271 e. The molecule has 0 radical (unpaired) electrons. The molecule has 0 fully saturated rings. The van der Waals surface area contributed by atoms with Gasteiger partial charge in [-0.2, -0.15) is 5.26 Å². The number of rotatable bonds is 11. The highest BCUT2D eigenvalue weighted by molar-refractivity contribution is 6.34. The van der Waals surface area contributed by atoms with E-state index >= 15 is 0 Å². The average molecular weight is 381 g/mol. The van der Waals surface area contributed by atoms with Crippen LogP contribution in [0.4, 0.5) is 11.4 Å². The molecule has 0 aliphatic heterocycles. The molecule has 0 saturated carbocycles. The predicted octanol–water partition coefficient (Wildman–Crippen LogP) is 3.39. The Labute approximate surface area is 156 Å². The van der Waals surface area contributed by atoms with Crippen LogP contribution in [-0.2, 0) is 9.53 Å². The molecule has 0 bridgehead atoms. The van der Waals surface area contributed by atoms with E-state index in [0.29, 0.717) is 13.2 Å². The highest BCUT2D eigenvalue weighted by atomic mass is 35.5. The number of amides is 1. The molecular formula is C17H21ClN4O4. The van der Waals surface area contributed by atoms with E-state index in [0.717, 1.165) is 31.9 Å². The fourth-order valence-corrected chi connectivity index (χ4v) is 2.02. The van der Waals surface area contributed by atoms with Crippen LogP contribution in [0.25, 0.3) is 0 Å². The van der Waals surface area contributed by atoms with Gasteiger partial charge in [0, 0.05) is 38.1 Å². The van der Waals surface area contributed by atoms with Crippen molar-refractivity contribution in [1.82, 2.24) is 5.32 Å². The molecule has 0 aliphatic carbocycles. The number of halogens is 1. The third kappa shape index (κ3) is 7.51. The van der Waals surface area contributed by atoms with E-state index in [4.69, 9.17) is 21.6 Å². The van der Waals surface area contributed by atoms with Crippen molar-refractivity contribution in [3.05, 3.63) is 45.1 Å². The van der Waals surface area contributed by atoms with Crippen LogP contribution in [0.1, 0.15) is 26.2 Å². The van der Waals surface area contributed by atoms with Crippen molar-refractivity contribution >= 4 is 28.9 Å². The second-order valence-electron chi connectivity index (χ2n) is 5.32. The molecule has 2 N–H and O–H groups in total. The first-order chi connectivity index (χ1) is 12.5. The van der Waals surface area contributed by atoms with Crippen LogP contribution >= 0.6 is 11.6 Å². The summed E-state index contributed by atoms with van der Waals surface area (Å²) in [4.78, 5) is 22.3. The van der Waals surface area contributed by atoms with E-state index in [9.17, 15) is 14.9 Å². The molecule has 0 unspecified atom stereocenters. The summed E-state index contributed by atoms with van der Waals surface area (Å²) in [5.74, 6) is -0.707. The van der Waals surface area contributed by atoms with Crippen molar-refractivity contribution in [3.8, 4) is 6.07 Å². The summed E-state index contributed by atoms with van der Waals surface area (Å²) in [5, 5.41) is 25.3. The molecule has 0 saturated heterocycles. The number of nitro groups is 1. The number of nitriles is 1. The van der Waals surface area contributed by atoms with E-state index in [1.807, 2.05) is 0 Å². The third-order valence-electron chi connectivity index (χ3n) is 3.27. The minimum absolute atomic E-state index is 0.0661. The number of hydrogen-bond acceptors (Lipinski definition) is 6. The van der Waals surface area contributed by atoms with Crippen LogP contribution in [-0.4, -0.2) is 30.6 Å². The standard InChI is InChI=1S/C17H21ClN4O4/c1-2-3-8-26-9-4-7-20-12-13(11-19)17(23)21-16-10-14(22(24)25)5-6-15(16)18/h5-6,10,12,20H,2-4,7-9H2,1H3,(H,21,23)/b13-12-. The van der Waals surface area contributed by atoms with Crippen LogP contribution in [0.15, 0.2) is 30.0 Å². The number of carbonyl (C=O) groups excluding carboxylic acids is 1. The van der Waals surface area contributed by atoms with Gasteiger partial charge >= 0.3 is 0 Å². The van der Waals surface area contributed by atoms with Crippen LogP contribution in [0.3, 0.4) is 0 Å². The first kappa shape index (κ1) is 21.4.